The van der Waals surface area contributed by atoms with Gasteiger partial charge in [0.05, 0.1) is 5.92 Å². The Labute approximate surface area is 117 Å². The van der Waals surface area contributed by atoms with Crippen LogP contribution >= 0.6 is 31.9 Å². The Kier molecular flexibility index (Phi) is 3.90. The SMILES string of the molecule is CN1CC(C(=O)O)C(c2cc(Br)cc(Br)c2)C1. The van der Waals surface area contributed by atoms with E-state index in [1.807, 2.05) is 25.2 Å². The molecule has 2 rings (SSSR count). The molecule has 5 heteroatoms. The highest BCUT2D eigenvalue weighted by atomic mass is 79.9. The second-order valence-electron chi connectivity index (χ2n) is 4.48. The minimum Gasteiger partial charge on any atom is -0.481 e. The number of likely N-dealkylation sites (N-methyl/N-ethyl adjacent to an activating group) is 1. The van der Waals surface area contributed by atoms with Gasteiger partial charge in [0.2, 0.25) is 0 Å². The van der Waals surface area contributed by atoms with Gasteiger partial charge in [-0.15, -0.1) is 0 Å². The molecule has 0 aromatic heterocycles. The summed E-state index contributed by atoms with van der Waals surface area (Å²) in [6.07, 6.45) is 0. The average Bonchev–Trinajstić information content (AvgIpc) is 2.59. The molecule has 1 aromatic carbocycles. The second-order valence-corrected chi connectivity index (χ2v) is 6.31. The number of hydrogen-bond acceptors (Lipinski definition) is 2. The van der Waals surface area contributed by atoms with Gasteiger partial charge in [-0.1, -0.05) is 31.9 Å². The van der Waals surface area contributed by atoms with Crippen molar-refractivity contribution in [3.05, 3.63) is 32.7 Å². The molecule has 1 N–H and O–H groups in total. The molecular weight excluding hydrogens is 350 g/mol. The quantitative estimate of drug-likeness (QED) is 0.879. The zero-order chi connectivity index (χ0) is 12.6. The predicted molar refractivity (Wildman–Crippen MR) is 73.2 cm³/mol. The summed E-state index contributed by atoms with van der Waals surface area (Å²) in [5.74, 6) is -0.969. The fraction of sp³-hybridized carbons (Fsp3) is 0.417. The monoisotopic (exact) mass is 361 g/mol. The average molecular weight is 363 g/mol. The molecule has 1 saturated heterocycles. The van der Waals surface area contributed by atoms with E-state index in [1.54, 1.807) is 0 Å². The summed E-state index contributed by atoms with van der Waals surface area (Å²) in [5.41, 5.74) is 1.07. The van der Waals surface area contributed by atoms with Crippen molar-refractivity contribution in [2.75, 3.05) is 20.1 Å². The Morgan fingerprint density at radius 1 is 1.29 bits per heavy atom. The van der Waals surface area contributed by atoms with E-state index in [9.17, 15) is 9.90 Å². The molecule has 0 spiro atoms. The van der Waals surface area contributed by atoms with Gasteiger partial charge in [-0.2, -0.15) is 0 Å². The standard InChI is InChI=1S/C12H13Br2NO2/c1-15-5-10(11(6-15)12(16)17)7-2-8(13)4-9(14)3-7/h2-4,10-11H,5-6H2,1H3,(H,16,17). The number of carboxylic acid groups (broad SMARTS) is 1. The molecule has 2 atom stereocenters. The molecule has 0 radical (unpaired) electrons. The zero-order valence-electron chi connectivity index (χ0n) is 9.36. The molecule has 92 valence electrons. The van der Waals surface area contributed by atoms with Gasteiger partial charge in [-0.05, 0) is 30.8 Å². The minimum atomic E-state index is -0.713. The Bertz CT molecular complexity index is 430. The highest BCUT2D eigenvalue weighted by Crippen LogP contribution is 2.34. The van der Waals surface area contributed by atoms with E-state index in [-0.39, 0.29) is 11.8 Å². The lowest BCUT2D eigenvalue weighted by molar-refractivity contribution is -0.141. The summed E-state index contributed by atoms with van der Waals surface area (Å²) in [6, 6.07) is 5.97. The molecule has 2 unspecified atom stereocenters. The van der Waals surface area contributed by atoms with Gasteiger partial charge >= 0.3 is 5.97 Å². The number of halogens is 2. The Balaban J connectivity index is 2.34. The van der Waals surface area contributed by atoms with E-state index in [0.29, 0.717) is 6.54 Å². The normalized spacial score (nSPS) is 25.1. The van der Waals surface area contributed by atoms with Crippen LogP contribution in [-0.2, 0) is 4.79 Å². The van der Waals surface area contributed by atoms with Gasteiger partial charge in [0, 0.05) is 28.0 Å². The van der Waals surface area contributed by atoms with Gasteiger partial charge < -0.3 is 10.0 Å². The number of benzene rings is 1. The van der Waals surface area contributed by atoms with Crippen molar-refractivity contribution in [1.82, 2.24) is 4.90 Å². The fourth-order valence-electron chi connectivity index (χ4n) is 2.38. The lowest BCUT2D eigenvalue weighted by Crippen LogP contribution is -2.21. The van der Waals surface area contributed by atoms with Crippen LogP contribution in [0.4, 0.5) is 0 Å². The fourth-order valence-corrected chi connectivity index (χ4v) is 3.71. The van der Waals surface area contributed by atoms with Crippen molar-refractivity contribution in [3.63, 3.8) is 0 Å². The molecule has 0 aliphatic carbocycles. The molecule has 1 aromatic rings. The Morgan fingerprint density at radius 3 is 2.41 bits per heavy atom. The molecular formula is C12H13Br2NO2. The van der Waals surface area contributed by atoms with Crippen LogP contribution in [-0.4, -0.2) is 36.1 Å². The van der Waals surface area contributed by atoms with Crippen LogP contribution in [0.25, 0.3) is 0 Å². The number of nitrogens with zero attached hydrogens (tertiary/aromatic N) is 1. The van der Waals surface area contributed by atoms with Crippen LogP contribution in [0, 0.1) is 5.92 Å². The number of likely N-dealkylation sites (tertiary alicyclic amines) is 1. The van der Waals surface area contributed by atoms with Crippen LogP contribution in [0.5, 0.6) is 0 Å². The molecule has 1 heterocycles. The van der Waals surface area contributed by atoms with Gasteiger partial charge in [-0.25, -0.2) is 0 Å². The highest BCUT2D eigenvalue weighted by Gasteiger charge is 2.37. The van der Waals surface area contributed by atoms with Crippen molar-refractivity contribution in [3.8, 4) is 0 Å². The van der Waals surface area contributed by atoms with Gasteiger partial charge in [0.25, 0.3) is 0 Å². The zero-order valence-corrected chi connectivity index (χ0v) is 12.5. The molecule has 0 amide bonds. The van der Waals surface area contributed by atoms with Crippen LogP contribution in [0.15, 0.2) is 27.1 Å². The first-order valence-electron chi connectivity index (χ1n) is 5.34. The maximum Gasteiger partial charge on any atom is 0.308 e. The van der Waals surface area contributed by atoms with E-state index in [4.69, 9.17) is 0 Å². The van der Waals surface area contributed by atoms with Crippen molar-refractivity contribution >= 4 is 37.8 Å². The molecule has 1 aliphatic heterocycles. The number of carbonyl (C=O) groups is 1. The van der Waals surface area contributed by atoms with Crippen molar-refractivity contribution < 1.29 is 9.90 Å². The predicted octanol–water partition coefficient (Wildman–Crippen LogP) is 2.94. The summed E-state index contributed by atoms with van der Waals surface area (Å²) in [6.45, 7) is 1.41. The second kappa shape index (κ2) is 5.08. The molecule has 1 aliphatic rings. The smallest absolute Gasteiger partial charge is 0.308 e. The van der Waals surface area contributed by atoms with Crippen molar-refractivity contribution in [2.45, 2.75) is 5.92 Å². The third kappa shape index (κ3) is 2.89. The first-order chi connectivity index (χ1) is 7.97. The van der Waals surface area contributed by atoms with E-state index >= 15 is 0 Å². The van der Waals surface area contributed by atoms with Gasteiger partial charge in [0.1, 0.15) is 0 Å². The van der Waals surface area contributed by atoms with Crippen LogP contribution in [0.3, 0.4) is 0 Å². The summed E-state index contributed by atoms with van der Waals surface area (Å²) in [4.78, 5) is 13.3. The van der Waals surface area contributed by atoms with E-state index in [0.717, 1.165) is 21.1 Å². The van der Waals surface area contributed by atoms with Gasteiger partial charge in [0.15, 0.2) is 0 Å². The van der Waals surface area contributed by atoms with Crippen LogP contribution in [0.2, 0.25) is 0 Å². The largest absolute Gasteiger partial charge is 0.481 e. The number of carboxylic acids is 1. The first kappa shape index (κ1) is 13.1. The summed E-state index contributed by atoms with van der Waals surface area (Å²) in [7, 11) is 1.96. The molecule has 0 saturated carbocycles. The summed E-state index contributed by atoms with van der Waals surface area (Å²) >= 11 is 6.88. The lowest BCUT2D eigenvalue weighted by Gasteiger charge is -2.15. The van der Waals surface area contributed by atoms with E-state index in [1.165, 1.54) is 0 Å². The van der Waals surface area contributed by atoms with E-state index < -0.39 is 5.97 Å². The van der Waals surface area contributed by atoms with Crippen molar-refractivity contribution in [2.24, 2.45) is 5.92 Å². The first-order valence-corrected chi connectivity index (χ1v) is 6.93. The summed E-state index contributed by atoms with van der Waals surface area (Å²) < 4.78 is 1.95. The molecule has 17 heavy (non-hydrogen) atoms. The third-order valence-electron chi connectivity index (χ3n) is 3.13. The Morgan fingerprint density at radius 2 is 1.88 bits per heavy atom. The van der Waals surface area contributed by atoms with Crippen LogP contribution < -0.4 is 0 Å². The molecule has 0 bridgehead atoms. The van der Waals surface area contributed by atoms with Crippen LogP contribution in [0.1, 0.15) is 11.5 Å². The number of rotatable bonds is 2. The van der Waals surface area contributed by atoms with E-state index in [2.05, 4.69) is 36.8 Å². The highest BCUT2D eigenvalue weighted by molar-refractivity contribution is 9.11. The minimum absolute atomic E-state index is 0.0614. The topological polar surface area (TPSA) is 40.5 Å². The molecule has 1 fully saturated rings. The maximum atomic E-state index is 11.3. The third-order valence-corrected chi connectivity index (χ3v) is 4.05. The summed E-state index contributed by atoms with van der Waals surface area (Å²) in [5, 5.41) is 9.25. The van der Waals surface area contributed by atoms with Gasteiger partial charge in [-0.3, -0.25) is 4.79 Å². The Hall–Kier alpha value is -0.390. The van der Waals surface area contributed by atoms with Crippen molar-refractivity contribution in [1.29, 1.82) is 0 Å². The lowest BCUT2D eigenvalue weighted by atomic mass is 9.89. The maximum absolute atomic E-state index is 11.3. The molecule has 3 nitrogen and oxygen atoms in total. The number of hydrogen-bond donors (Lipinski definition) is 1. The number of aliphatic carboxylic acids is 1.